The number of rotatable bonds is 5. The molecule has 1 aromatic heterocycles. The first-order chi connectivity index (χ1) is 11.6. The molecule has 2 rings (SSSR count). The third-order valence-electron chi connectivity index (χ3n) is 3.24. The maximum Gasteiger partial charge on any atom is 0.249 e. The summed E-state index contributed by atoms with van der Waals surface area (Å²) in [5, 5.41) is 0. The van der Waals surface area contributed by atoms with Crippen molar-refractivity contribution in [2.24, 2.45) is 0 Å². The van der Waals surface area contributed by atoms with Crippen LogP contribution in [0, 0.1) is 29.1 Å². The first kappa shape index (κ1) is 19.7. The highest BCUT2D eigenvalue weighted by Crippen LogP contribution is 2.29. The van der Waals surface area contributed by atoms with Crippen molar-refractivity contribution in [3.8, 4) is 0 Å². The smallest absolute Gasteiger partial charge is 0.249 e. The van der Waals surface area contributed by atoms with Crippen molar-refractivity contribution in [2.75, 3.05) is 6.54 Å². The Labute approximate surface area is 148 Å². The van der Waals surface area contributed by atoms with Gasteiger partial charge in [-0.05, 0) is 27.6 Å². The van der Waals surface area contributed by atoms with Gasteiger partial charge in [0.05, 0.1) is 0 Å². The molecule has 1 heterocycles. The fraction of sp³-hybridized carbons (Fsp3) is 0.214. The second-order valence-corrected chi connectivity index (χ2v) is 7.63. The lowest BCUT2D eigenvalue weighted by molar-refractivity contribution is 0.349. The molecule has 1 aromatic carbocycles. The van der Waals surface area contributed by atoms with Gasteiger partial charge in [-0.3, -0.25) is 4.98 Å². The van der Waals surface area contributed by atoms with E-state index in [9.17, 15) is 30.4 Å². The van der Waals surface area contributed by atoms with Crippen molar-refractivity contribution in [2.45, 2.75) is 18.4 Å². The molecule has 0 radical (unpaired) electrons. The number of halogens is 6. The Bertz CT molecular complexity index is 895. The fourth-order valence-electron chi connectivity index (χ4n) is 2.05. The minimum absolute atomic E-state index is 0.270. The Morgan fingerprint density at radius 3 is 2.00 bits per heavy atom. The van der Waals surface area contributed by atoms with Crippen molar-refractivity contribution in [3.05, 3.63) is 57.6 Å². The summed E-state index contributed by atoms with van der Waals surface area (Å²) in [5.41, 5.74) is 0.351. The predicted molar refractivity (Wildman–Crippen MR) is 81.4 cm³/mol. The molecule has 0 unspecified atom stereocenters. The van der Waals surface area contributed by atoms with Crippen molar-refractivity contribution >= 4 is 26.0 Å². The third kappa shape index (κ3) is 3.67. The molecule has 2 aromatic rings. The van der Waals surface area contributed by atoms with E-state index in [1.54, 1.807) is 0 Å². The van der Waals surface area contributed by atoms with E-state index in [1.165, 1.54) is 25.4 Å². The monoisotopic (exact) mass is 444 g/mol. The highest BCUT2D eigenvalue weighted by Gasteiger charge is 2.36. The van der Waals surface area contributed by atoms with E-state index >= 15 is 0 Å². The van der Waals surface area contributed by atoms with Crippen LogP contribution in [-0.2, 0) is 16.6 Å². The standard InChI is InChI=1S/C14H10BrF5N2O2S/c1-2-22(6-7-3-8(15)5-21-4-7)25(23,24)14-12(19)10(17)9(16)11(18)13(14)20/h3-5H,2,6H2,1H3. The van der Waals surface area contributed by atoms with E-state index in [1.807, 2.05) is 0 Å². The molecule has 136 valence electrons. The van der Waals surface area contributed by atoms with Crippen molar-refractivity contribution in [3.63, 3.8) is 0 Å². The van der Waals surface area contributed by atoms with Gasteiger partial charge in [0.2, 0.25) is 15.8 Å². The third-order valence-corrected chi connectivity index (χ3v) is 5.62. The Morgan fingerprint density at radius 2 is 1.52 bits per heavy atom. The van der Waals surface area contributed by atoms with Crippen LogP contribution in [0.1, 0.15) is 12.5 Å². The van der Waals surface area contributed by atoms with Gasteiger partial charge in [0.15, 0.2) is 28.2 Å². The quantitative estimate of drug-likeness (QED) is 0.400. The number of hydrogen-bond acceptors (Lipinski definition) is 3. The minimum Gasteiger partial charge on any atom is -0.263 e. The fourth-order valence-corrected chi connectivity index (χ4v) is 4.01. The molecule has 0 aliphatic carbocycles. The number of hydrogen-bond donors (Lipinski definition) is 0. The summed E-state index contributed by atoms with van der Waals surface area (Å²) in [6, 6.07) is 1.50. The van der Waals surface area contributed by atoms with Crippen LogP contribution in [0.2, 0.25) is 0 Å². The summed E-state index contributed by atoms with van der Waals surface area (Å²) >= 11 is 3.13. The molecular formula is C14H10BrF5N2O2S. The number of benzene rings is 1. The van der Waals surface area contributed by atoms with Crippen LogP contribution in [-0.4, -0.2) is 24.3 Å². The SMILES string of the molecule is CCN(Cc1cncc(Br)c1)S(=O)(=O)c1c(F)c(F)c(F)c(F)c1F. The normalized spacial score (nSPS) is 12.0. The largest absolute Gasteiger partial charge is 0.263 e. The molecular weight excluding hydrogens is 435 g/mol. The van der Waals surface area contributed by atoms with Gasteiger partial charge in [-0.2, -0.15) is 4.31 Å². The van der Waals surface area contributed by atoms with Gasteiger partial charge in [-0.1, -0.05) is 6.92 Å². The van der Waals surface area contributed by atoms with Crippen LogP contribution in [0.25, 0.3) is 0 Å². The molecule has 0 amide bonds. The van der Waals surface area contributed by atoms with Crippen LogP contribution in [0.4, 0.5) is 22.0 Å². The Hall–Kier alpha value is -1.59. The molecule has 0 saturated carbocycles. The molecule has 0 saturated heterocycles. The zero-order chi connectivity index (χ0) is 18.9. The lowest BCUT2D eigenvalue weighted by atomic mass is 10.3. The number of pyridine rings is 1. The van der Waals surface area contributed by atoms with E-state index in [4.69, 9.17) is 0 Å². The van der Waals surface area contributed by atoms with E-state index in [2.05, 4.69) is 20.9 Å². The summed E-state index contributed by atoms with van der Waals surface area (Å²) in [4.78, 5) is 1.93. The number of aromatic nitrogens is 1. The van der Waals surface area contributed by atoms with E-state index in [0.29, 0.717) is 14.3 Å². The molecule has 4 nitrogen and oxygen atoms in total. The maximum atomic E-state index is 13.9. The van der Waals surface area contributed by atoms with Gasteiger partial charge in [0.1, 0.15) is 0 Å². The topological polar surface area (TPSA) is 50.3 Å². The molecule has 25 heavy (non-hydrogen) atoms. The Kier molecular flexibility index (Phi) is 5.79. The van der Waals surface area contributed by atoms with Gasteiger partial charge in [0, 0.05) is 30.0 Å². The van der Waals surface area contributed by atoms with Gasteiger partial charge < -0.3 is 0 Å². The highest BCUT2D eigenvalue weighted by atomic mass is 79.9. The summed E-state index contributed by atoms with van der Waals surface area (Å²) in [6.07, 6.45) is 2.74. The van der Waals surface area contributed by atoms with Crippen LogP contribution in [0.3, 0.4) is 0 Å². The Morgan fingerprint density at radius 1 is 1.00 bits per heavy atom. The van der Waals surface area contributed by atoms with Gasteiger partial charge in [-0.25, -0.2) is 30.4 Å². The number of sulfonamides is 1. The Balaban J connectivity index is 2.57. The zero-order valence-corrected chi connectivity index (χ0v) is 14.9. The number of nitrogens with zero attached hydrogens (tertiary/aromatic N) is 2. The van der Waals surface area contributed by atoms with Crippen LogP contribution >= 0.6 is 15.9 Å². The lowest BCUT2D eigenvalue weighted by Crippen LogP contribution is -2.32. The van der Waals surface area contributed by atoms with Crippen molar-refractivity contribution < 1.29 is 30.4 Å². The van der Waals surface area contributed by atoms with Gasteiger partial charge in [0.25, 0.3) is 0 Å². The molecule has 0 bridgehead atoms. The molecule has 0 aliphatic heterocycles. The van der Waals surface area contributed by atoms with Gasteiger partial charge >= 0.3 is 0 Å². The molecule has 0 fully saturated rings. The maximum absolute atomic E-state index is 13.9. The molecule has 0 atom stereocenters. The van der Waals surface area contributed by atoms with E-state index in [0.717, 1.165) is 0 Å². The highest BCUT2D eigenvalue weighted by molar-refractivity contribution is 9.10. The minimum atomic E-state index is -4.99. The van der Waals surface area contributed by atoms with E-state index in [-0.39, 0.29) is 13.1 Å². The predicted octanol–water partition coefficient (Wildman–Crippen LogP) is 3.75. The van der Waals surface area contributed by atoms with E-state index < -0.39 is 44.0 Å². The lowest BCUT2D eigenvalue weighted by Gasteiger charge is -2.21. The molecule has 11 heteroatoms. The summed E-state index contributed by atoms with van der Waals surface area (Å²) in [7, 11) is -4.99. The molecule has 0 aliphatic rings. The summed E-state index contributed by atoms with van der Waals surface area (Å²) < 4.78 is 93.5. The zero-order valence-electron chi connectivity index (χ0n) is 12.5. The first-order valence-electron chi connectivity index (χ1n) is 6.72. The average molecular weight is 445 g/mol. The summed E-state index contributed by atoms with van der Waals surface area (Å²) in [6.45, 7) is 0.716. The van der Waals surface area contributed by atoms with Crippen molar-refractivity contribution in [1.29, 1.82) is 0 Å². The second kappa shape index (κ2) is 7.34. The molecule has 0 spiro atoms. The summed E-state index contributed by atoms with van der Waals surface area (Å²) in [5.74, 6) is -11.9. The molecule has 0 N–H and O–H groups in total. The van der Waals surface area contributed by atoms with Crippen LogP contribution in [0.15, 0.2) is 27.8 Å². The van der Waals surface area contributed by atoms with Crippen LogP contribution < -0.4 is 0 Å². The second-order valence-electron chi connectivity index (χ2n) is 4.84. The van der Waals surface area contributed by atoms with Crippen molar-refractivity contribution in [1.82, 2.24) is 9.29 Å². The van der Waals surface area contributed by atoms with Gasteiger partial charge in [-0.15, -0.1) is 0 Å². The first-order valence-corrected chi connectivity index (χ1v) is 8.95. The average Bonchev–Trinajstić information content (AvgIpc) is 2.56. The van der Waals surface area contributed by atoms with Crippen LogP contribution in [0.5, 0.6) is 0 Å².